The first-order valence-corrected chi connectivity index (χ1v) is 11.1. The molecular weight excluding hydrogens is 410 g/mol. The van der Waals surface area contributed by atoms with Crippen molar-refractivity contribution in [1.29, 1.82) is 0 Å². The van der Waals surface area contributed by atoms with Crippen LogP contribution < -0.4 is 10.1 Å². The van der Waals surface area contributed by atoms with E-state index in [4.69, 9.17) is 0 Å². The van der Waals surface area contributed by atoms with Crippen LogP contribution in [0.15, 0.2) is 91.6 Å². The average Bonchev–Trinajstić information content (AvgIpc) is 3.45. The van der Waals surface area contributed by atoms with Crippen LogP contribution in [-0.2, 0) is 7.05 Å². The van der Waals surface area contributed by atoms with Gasteiger partial charge < -0.3 is 9.13 Å². The van der Waals surface area contributed by atoms with E-state index in [9.17, 15) is 0 Å². The largest absolute Gasteiger partial charge is 0.327 e. The molecule has 1 aliphatic carbocycles. The van der Waals surface area contributed by atoms with E-state index in [2.05, 4.69) is 79.3 Å². The maximum Gasteiger partial charge on any atom is 0.200 e. The Morgan fingerprint density at radius 3 is 2.45 bits per heavy atom. The first-order chi connectivity index (χ1) is 16.3. The van der Waals surface area contributed by atoms with Crippen molar-refractivity contribution in [2.24, 2.45) is 7.05 Å². The quantitative estimate of drug-likeness (QED) is 0.400. The molecule has 1 N–H and O–H groups in total. The third-order valence-corrected chi connectivity index (χ3v) is 6.04. The fourth-order valence-corrected chi connectivity index (χ4v) is 4.15. The molecule has 5 aromatic rings. The lowest BCUT2D eigenvalue weighted by Gasteiger charge is -2.07. The minimum Gasteiger partial charge on any atom is -0.327 e. The highest BCUT2D eigenvalue weighted by atomic mass is 15.4. The number of benzene rings is 2. The zero-order valence-corrected chi connectivity index (χ0v) is 18.3. The van der Waals surface area contributed by atoms with Crippen LogP contribution in [0.1, 0.15) is 18.9 Å². The van der Waals surface area contributed by atoms with Crippen LogP contribution in [0.4, 0.5) is 5.69 Å². The summed E-state index contributed by atoms with van der Waals surface area (Å²) in [4.78, 5) is 4.64. The molecule has 33 heavy (non-hydrogen) atoms. The molecule has 1 saturated carbocycles. The van der Waals surface area contributed by atoms with Crippen molar-refractivity contribution < 1.29 is 4.68 Å². The first-order valence-electron chi connectivity index (χ1n) is 11.1. The van der Waals surface area contributed by atoms with Gasteiger partial charge in [0.05, 0.1) is 17.6 Å². The highest BCUT2D eigenvalue weighted by Crippen LogP contribution is 2.37. The molecule has 6 rings (SSSR count). The van der Waals surface area contributed by atoms with E-state index in [0.29, 0.717) is 6.04 Å². The van der Waals surface area contributed by atoms with Crippen LogP contribution in [-0.4, -0.2) is 24.3 Å². The van der Waals surface area contributed by atoms with Crippen molar-refractivity contribution >= 4 is 5.69 Å². The summed E-state index contributed by atoms with van der Waals surface area (Å²) in [6, 6.07) is 23.2. The third-order valence-electron chi connectivity index (χ3n) is 6.04. The van der Waals surface area contributed by atoms with Crippen molar-refractivity contribution in [1.82, 2.24) is 24.3 Å². The topological polar surface area (TPSA) is 64.4 Å². The number of imidazole rings is 1. The van der Waals surface area contributed by atoms with E-state index < -0.39 is 0 Å². The number of anilines is 1. The fraction of sp³-hybridized carbons (Fsp3) is 0.154. The summed E-state index contributed by atoms with van der Waals surface area (Å²) in [6.45, 7) is 0. The predicted octanol–water partition coefficient (Wildman–Crippen LogP) is 4.51. The normalized spacial score (nSPS) is 13.2. The number of nitrogens with one attached hydrogen (secondary N) is 1. The van der Waals surface area contributed by atoms with Gasteiger partial charge in [-0.3, -0.25) is 0 Å². The molecular formula is C26H24N7+. The van der Waals surface area contributed by atoms with Gasteiger partial charge in [0, 0.05) is 41.9 Å². The van der Waals surface area contributed by atoms with Gasteiger partial charge in [0.2, 0.25) is 12.4 Å². The molecule has 0 saturated heterocycles. The standard InChI is InChI=1S/C26H24N7/c1-31-24(17-27-25(31)20-6-3-2-4-7-20)19-12-14-32(15-13-19)30-22-9-5-8-21(16-22)26-29-28-18-33(26)23-10-11-23/h2-9,12-18,23,30H,10-11H2,1H3/q+1. The second-order valence-corrected chi connectivity index (χ2v) is 8.37. The highest BCUT2D eigenvalue weighted by molar-refractivity contribution is 5.65. The molecule has 2 aromatic carbocycles. The van der Waals surface area contributed by atoms with Crippen LogP contribution in [0.25, 0.3) is 34.0 Å². The SMILES string of the molecule is Cn1c(-c2cc[n+](Nc3cccc(-c4nncn4C4CC4)c3)cc2)cnc1-c1ccccc1. The van der Waals surface area contributed by atoms with Gasteiger partial charge in [-0.1, -0.05) is 47.1 Å². The first kappa shape index (κ1) is 19.4. The lowest BCUT2D eigenvalue weighted by atomic mass is 10.2. The van der Waals surface area contributed by atoms with Crippen LogP contribution >= 0.6 is 0 Å². The Labute approximate surface area is 192 Å². The number of pyridine rings is 1. The summed E-state index contributed by atoms with van der Waals surface area (Å²) in [5.74, 6) is 1.88. The predicted molar refractivity (Wildman–Crippen MR) is 127 cm³/mol. The van der Waals surface area contributed by atoms with Crippen molar-refractivity contribution in [3.8, 4) is 34.0 Å². The molecule has 0 amide bonds. The van der Waals surface area contributed by atoms with Gasteiger partial charge in [-0.15, -0.1) is 10.2 Å². The minimum absolute atomic E-state index is 0.544. The summed E-state index contributed by atoms with van der Waals surface area (Å²) < 4.78 is 6.25. The lowest BCUT2D eigenvalue weighted by Crippen LogP contribution is -2.41. The van der Waals surface area contributed by atoms with Gasteiger partial charge >= 0.3 is 0 Å². The van der Waals surface area contributed by atoms with Crippen LogP contribution in [0.5, 0.6) is 0 Å². The Bertz CT molecular complexity index is 1400. The molecule has 0 aliphatic heterocycles. The van der Waals surface area contributed by atoms with E-state index in [1.807, 2.05) is 53.9 Å². The Morgan fingerprint density at radius 2 is 1.67 bits per heavy atom. The number of nitrogens with zero attached hydrogens (tertiary/aromatic N) is 6. The summed E-state index contributed by atoms with van der Waals surface area (Å²) in [7, 11) is 2.05. The number of aromatic nitrogens is 6. The van der Waals surface area contributed by atoms with E-state index in [-0.39, 0.29) is 0 Å². The van der Waals surface area contributed by atoms with Gasteiger partial charge in [0.25, 0.3) is 0 Å². The van der Waals surface area contributed by atoms with E-state index in [1.165, 1.54) is 12.8 Å². The molecule has 0 atom stereocenters. The number of rotatable bonds is 6. The van der Waals surface area contributed by atoms with Crippen molar-refractivity contribution in [2.75, 3.05) is 5.43 Å². The molecule has 0 bridgehead atoms. The van der Waals surface area contributed by atoms with Crippen LogP contribution in [0.2, 0.25) is 0 Å². The molecule has 1 aliphatic rings. The van der Waals surface area contributed by atoms with Crippen molar-refractivity contribution in [2.45, 2.75) is 18.9 Å². The minimum atomic E-state index is 0.544. The van der Waals surface area contributed by atoms with E-state index >= 15 is 0 Å². The van der Waals surface area contributed by atoms with Gasteiger partial charge in [-0.2, -0.15) is 5.43 Å². The van der Waals surface area contributed by atoms with E-state index in [0.717, 1.165) is 39.7 Å². The smallest absolute Gasteiger partial charge is 0.200 e. The summed E-state index contributed by atoms with van der Waals surface area (Å²) in [5, 5.41) is 8.46. The summed E-state index contributed by atoms with van der Waals surface area (Å²) in [6.07, 6.45) is 10.2. The zero-order valence-electron chi connectivity index (χ0n) is 18.3. The molecule has 3 heterocycles. The second kappa shape index (κ2) is 8.02. The zero-order chi connectivity index (χ0) is 22.2. The highest BCUT2D eigenvalue weighted by Gasteiger charge is 2.26. The molecule has 7 nitrogen and oxygen atoms in total. The Hall–Kier alpha value is -4.26. The summed E-state index contributed by atoms with van der Waals surface area (Å²) >= 11 is 0. The molecule has 7 heteroatoms. The maximum atomic E-state index is 4.64. The number of hydrogen-bond acceptors (Lipinski definition) is 4. The molecule has 0 spiro atoms. The monoisotopic (exact) mass is 434 g/mol. The van der Waals surface area contributed by atoms with Crippen LogP contribution in [0.3, 0.4) is 0 Å². The average molecular weight is 435 g/mol. The third kappa shape index (κ3) is 3.78. The molecule has 0 radical (unpaired) electrons. The molecule has 3 aromatic heterocycles. The molecule has 1 fully saturated rings. The maximum absolute atomic E-state index is 4.64. The number of hydrogen-bond donors (Lipinski definition) is 1. The van der Waals surface area contributed by atoms with Crippen molar-refractivity contribution in [3.63, 3.8) is 0 Å². The molecule has 0 unspecified atom stereocenters. The Morgan fingerprint density at radius 1 is 0.879 bits per heavy atom. The van der Waals surface area contributed by atoms with Crippen LogP contribution in [0, 0.1) is 0 Å². The fourth-order valence-electron chi connectivity index (χ4n) is 4.15. The van der Waals surface area contributed by atoms with Gasteiger partial charge in [-0.25, -0.2) is 4.98 Å². The second-order valence-electron chi connectivity index (χ2n) is 8.37. The van der Waals surface area contributed by atoms with Gasteiger partial charge in [0.1, 0.15) is 12.2 Å². The van der Waals surface area contributed by atoms with Gasteiger partial charge in [-0.05, 0) is 25.0 Å². The van der Waals surface area contributed by atoms with E-state index in [1.54, 1.807) is 0 Å². The summed E-state index contributed by atoms with van der Waals surface area (Å²) in [5.41, 5.74) is 8.77. The Kier molecular flexibility index (Phi) is 4.72. The molecule has 162 valence electrons. The van der Waals surface area contributed by atoms with Gasteiger partial charge in [0.15, 0.2) is 5.82 Å². The van der Waals surface area contributed by atoms with Crippen molar-refractivity contribution in [3.05, 3.63) is 91.6 Å². The lowest BCUT2D eigenvalue weighted by molar-refractivity contribution is -0.642. The Balaban J connectivity index is 1.22.